The van der Waals surface area contributed by atoms with Gasteiger partial charge in [-0.2, -0.15) is 10.5 Å². The Morgan fingerprint density at radius 1 is 0.778 bits per heavy atom. The van der Waals surface area contributed by atoms with Crippen LogP contribution in [0.1, 0.15) is 0 Å². The predicted molar refractivity (Wildman–Crippen MR) is 68.8 cm³/mol. The fourth-order valence-corrected chi connectivity index (χ4v) is 2.56. The highest BCUT2D eigenvalue weighted by Gasteiger charge is 2.40. The van der Waals surface area contributed by atoms with Gasteiger partial charge < -0.3 is 0 Å². The van der Waals surface area contributed by atoms with Crippen molar-refractivity contribution in [3.8, 4) is 12.1 Å². The average molecular weight is 230 g/mol. The zero-order valence-corrected chi connectivity index (χ0v) is 9.67. The van der Waals surface area contributed by atoms with Crippen molar-refractivity contribution in [2.45, 2.75) is 0 Å². The van der Waals surface area contributed by atoms with Crippen molar-refractivity contribution in [3.05, 3.63) is 70.9 Å². The maximum atomic E-state index is 9.03. The molecule has 3 aliphatic rings. The predicted octanol–water partition coefficient (Wildman–Crippen LogP) is 3.12. The van der Waals surface area contributed by atoms with E-state index in [4.69, 9.17) is 10.5 Å². The highest BCUT2D eigenvalue weighted by atomic mass is 14.4. The van der Waals surface area contributed by atoms with Gasteiger partial charge in [0.05, 0.1) is 0 Å². The molecule has 0 amide bonds. The van der Waals surface area contributed by atoms with Crippen LogP contribution >= 0.6 is 0 Å². The Morgan fingerprint density at radius 3 is 1.50 bits per heavy atom. The third kappa shape index (κ3) is 1.48. The maximum absolute atomic E-state index is 9.03. The van der Waals surface area contributed by atoms with E-state index in [2.05, 4.69) is 24.3 Å². The molecule has 0 bridgehead atoms. The Morgan fingerprint density at radius 2 is 1.17 bits per heavy atom. The summed E-state index contributed by atoms with van der Waals surface area (Å²) in [6.07, 6.45) is 16.4. The summed E-state index contributed by atoms with van der Waals surface area (Å²) in [7, 11) is 0. The van der Waals surface area contributed by atoms with Crippen LogP contribution in [-0.2, 0) is 0 Å². The molecule has 2 nitrogen and oxygen atoms in total. The van der Waals surface area contributed by atoms with Crippen LogP contribution < -0.4 is 0 Å². The van der Waals surface area contributed by atoms with Gasteiger partial charge in [0, 0.05) is 17.4 Å². The summed E-state index contributed by atoms with van der Waals surface area (Å²) in [4.78, 5) is 0. The Kier molecular flexibility index (Phi) is 2.36. The van der Waals surface area contributed by atoms with Gasteiger partial charge >= 0.3 is 0 Å². The van der Waals surface area contributed by atoms with Crippen molar-refractivity contribution in [3.63, 3.8) is 0 Å². The second-order valence-electron chi connectivity index (χ2n) is 4.39. The lowest BCUT2D eigenvalue weighted by molar-refractivity contribution is 1.02. The topological polar surface area (TPSA) is 47.6 Å². The highest BCUT2D eigenvalue weighted by molar-refractivity contribution is 5.77. The third-order valence-corrected chi connectivity index (χ3v) is 3.40. The molecule has 3 rings (SSSR count). The van der Waals surface area contributed by atoms with E-state index in [0.717, 1.165) is 16.7 Å². The summed E-state index contributed by atoms with van der Waals surface area (Å²) in [5.74, 6) is 0.461. The first-order valence-corrected chi connectivity index (χ1v) is 5.86. The van der Waals surface area contributed by atoms with Crippen LogP contribution in [0.15, 0.2) is 70.9 Å². The molecule has 0 aromatic rings. The number of nitriles is 2. The van der Waals surface area contributed by atoms with Crippen molar-refractivity contribution in [1.82, 2.24) is 0 Å². The Labute approximate surface area is 106 Å². The summed E-state index contributed by atoms with van der Waals surface area (Å²) in [6.45, 7) is 0. The van der Waals surface area contributed by atoms with Crippen molar-refractivity contribution in [2.75, 3.05) is 0 Å². The second kappa shape index (κ2) is 4.02. The van der Waals surface area contributed by atoms with Gasteiger partial charge in [-0.25, -0.2) is 0 Å². The molecule has 0 aliphatic heterocycles. The molecule has 0 aromatic carbocycles. The number of hydrogen-bond donors (Lipinski definition) is 0. The summed E-state index contributed by atoms with van der Waals surface area (Å²) in [5, 5.41) is 18.1. The minimum absolute atomic E-state index is 0.231. The normalized spacial score (nSPS) is 20.7. The first-order chi connectivity index (χ1) is 8.86. The van der Waals surface area contributed by atoms with Gasteiger partial charge in [0.15, 0.2) is 0 Å². The zero-order chi connectivity index (χ0) is 12.5. The number of rotatable bonds is 2. The molecule has 0 saturated carbocycles. The molecule has 2 heteroatoms. The smallest absolute Gasteiger partial charge is 0.137 e. The van der Waals surface area contributed by atoms with Gasteiger partial charge in [-0.15, -0.1) is 0 Å². The molecule has 0 unspecified atom stereocenters. The molecule has 0 atom stereocenters. The first kappa shape index (κ1) is 10.6. The molecule has 0 aromatic heterocycles. The fraction of sp³-hybridized carbons (Fsp3) is 0.125. The van der Waals surface area contributed by atoms with Gasteiger partial charge in [-0.1, -0.05) is 48.6 Å². The molecule has 0 radical (unpaired) electrons. The quantitative estimate of drug-likeness (QED) is 0.684. The van der Waals surface area contributed by atoms with E-state index in [-0.39, 0.29) is 17.4 Å². The first-order valence-electron chi connectivity index (χ1n) is 5.86. The molecule has 84 valence electrons. The average Bonchev–Trinajstić information content (AvgIpc) is 2.86. The maximum Gasteiger partial charge on any atom is 0.137 e. The lowest BCUT2D eigenvalue weighted by Gasteiger charge is -1.96. The fourth-order valence-electron chi connectivity index (χ4n) is 2.56. The second-order valence-corrected chi connectivity index (χ2v) is 4.39. The zero-order valence-electron chi connectivity index (χ0n) is 9.67. The van der Waals surface area contributed by atoms with E-state index in [9.17, 15) is 0 Å². The van der Waals surface area contributed by atoms with Crippen LogP contribution in [0.4, 0.5) is 0 Å². The van der Waals surface area contributed by atoms with E-state index in [1.807, 2.05) is 36.4 Å². The summed E-state index contributed by atoms with van der Waals surface area (Å²) < 4.78 is 0. The van der Waals surface area contributed by atoms with Crippen LogP contribution in [0, 0.1) is 34.5 Å². The lowest BCUT2D eigenvalue weighted by Crippen LogP contribution is -1.86. The standard InChI is InChI=1S/C16H10N2/c17-9-13(10-18)16-14(11-5-1-2-6-11)15(16)12-7-3-4-8-12/h1-8,11-12H. The monoisotopic (exact) mass is 230 g/mol. The minimum atomic E-state index is 0.231. The Bertz CT molecular complexity index is 587. The number of hydrogen-bond acceptors (Lipinski definition) is 2. The molecular formula is C16H10N2. The van der Waals surface area contributed by atoms with Gasteiger partial charge in [0.1, 0.15) is 17.7 Å². The molecule has 3 aliphatic carbocycles. The minimum Gasteiger partial charge on any atom is -0.192 e. The van der Waals surface area contributed by atoms with Crippen molar-refractivity contribution in [2.24, 2.45) is 11.8 Å². The molecule has 0 fully saturated rings. The van der Waals surface area contributed by atoms with Gasteiger partial charge in [0.2, 0.25) is 0 Å². The molecule has 18 heavy (non-hydrogen) atoms. The molecule has 0 N–H and O–H groups in total. The van der Waals surface area contributed by atoms with Gasteiger partial charge in [-0.3, -0.25) is 0 Å². The largest absolute Gasteiger partial charge is 0.192 e. The van der Waals surface area contributed by atoms with E-state index < -0.39 is 0 Å². The number of nitrogens with zero attached hydrogens (tertiary/aromatic N) is 2. The van der Waals surface area contributed by atoms with Crippen molar-refractivity contribution < 1.29 is 0 Å². The molecule has 0 spiro atoms. The molecule has 0 saturated heterocycles. The van der Waals surface area contributed by atoms with Crippen LogP contribution in [0.2, 0.25) is 0 Å². The number of allylic oxidation sites excluding steroid dienone is 12. The summed E-state index contributed by atoms with van der Waals surface area (Å²) in [5.41, 5.74) is 3.42. The highest BCUT2D eigenvalue weighted by Crippen LogP contribution is 2.52. The Hall–Kier alpha value is -2.58. The van der Waals surface area contributed by atoms with E-state index in [1.54, 1.807) is 0 Å². The van der Waals surface area contributed by atoms with Crippen LogP contribution in [0.5, 0.6) is 0 Å². The van der Waals surface area contributed by atoms with Crippen LogP contribution in [0.3, 0.4) is 0 Å². The Balaban J connectivity index is 2.03. The van der Waals surface area contributed by atoms with Gasteiger partial charge in [-0.05, 0) is 11.1 Å². The van der Waals surface area contributed by atoms with Crippen molar-refractivity contribution in [1.29, 1.82) is 10.5 Å². The van der Waals surface area contributed by atoms with E-state index >= 15 is 0 Å². The van der Waals surface area contributed by atoms with Crippen LogP contribution in [0.25, 0.3) is 0 Å². The van der Waals surface area contributed by atoms with Crippen molar-refractivity contribution >= 4 is 0 Å². The lowest BCUT2D eigenvalue weighted by atomic mass is 10.1. The van der Waals surface area contributed by atoms with Gasteiger partial charge in [0.25, 0.3) is 0 Å². The SMILES string of the molecule is N#CC(C#N)=C1C(C2C=CC=C2)=C1C1C=CC=C1. The van der Waals surface area contributed by atoms with E-state index in [0.29, 0.717) is 0 Å². The summed E-state index contributed by atoms with van der Waals surface area (Å²) in [6, 6.07) is 4.00. The molecule has 0 heterocycles. The summed E-state index contributed by atoms with van der Waals surface area (Å²) >= 11 is 0. The van der Waals surface area contributed by atoms with E-state index in [1.165, 1.54) is 0 Å². The third-order valence-electron chi connectivity index (χ3n) is 3.40. The van der Waals surface area contributed by atoms with Crippen LogP contribution in [-0.4, -0.2) is 0 Å². The molecular weight excluding hydrogens is 220 g/mol.